The van der Waals surface area contributed by atoms with E-state index in [0.29, 0.717) is 117 Å². The smallest absolute Gasteiger partial charge is 0.226 e. The van der Waals surface area contributed by atoms with Crippen molar-refractivity contribution in [1.29, 1.82) is 0 Å². The number of carbonyl (C=O) groups excluding carboxylic acids is 1. The molecule has 2 fully saturated rings. The third-order valence-electron chi connectivity index (χ3n) is 13.1. The van der Waals surface area contributed by atoms with E-state index < -0.39 is 0 Å². The van der Waals surface area contributed by atoms with Gasteiger partial charge in [-0.25, -0.2) is 0 Å². The number of piperidine rings is 1. The third-order valence-corrected chi connectivity index (χ3v) is 13.1. The van der Waals surface area contributed by atoms with Crippen LogP contribution in [0.4, 0.5) is 0 Å². The fourth-order valence-corrected chi connectivity index (χ4v) is 9.15. The molecule has 11 heteroatoms. The van der Waals surface area contributed by atoms with Crippen LogP contribution in [0, 0.1) is 23.7 Å². The van der Waals surface area contributed by atoms with E-state index in [1.165, 1.54) is 17.5 Å². The van der Waals surface area contributed by atoms with Gasteiger partial charge < -0.3 is 47.5 Å². The van der Waals surface area contributed by atoms with Crippen LogP contribution < -0.4 is 4.74 Å². The monoisotopic (exact) mass is 828 g/mol. The average Bonchev–Trinajstić information content (AvgIpc) is 3.27. The van der Waals surface area contributed by atoms with Crippen molar-refractivity contribution in [2.45, 2.75) is 83.6 Å². The van der Waals surface area contributed by atoms with Crippen LogP contribution in [0.25, 0.3) is 0 Å². The van der Waals surface area contributed by atoms with Crippen LogP contribution in [-0.2, 0) is 54.5 Å². The Bertz CT molecular complexity index is 1390. The third kappa shape index (κ3) is 15.4. The summed E-state index contributed by atoms with van der Waals surface area (Å²) in [6, 6.07) is 19.6. The molecular weight excluding hydrogens is 751 g/mol. The Hall–Kier alpha value is -2.61. The van der Waals surface area contributed by atoms with Gasteiger partial charge in [-0.05, 0) is 85.0 Å². The topological polar surface area (TPSA) is 103 Å². The first-order chi connectivity index (χ1) is 28.8. The van der Waals surface area contributed by atoms with Gasteiger partial charge in [0, 0.05) is 25.1 Å². The number of nitrogens with zero attached hydrogens (tertiary/aromatic N) is 1. The zero-order chi connectivity index (χ0) is 42.2. The summed E-state index contributed by atoms with van der Waals surface area (Å²) >= 11 is 0. The van der Waals surface area contributed by atoms with E-state index in [0.717, 1.165) is 44.3 Å². The summed E-state index contributed by atoms with van der Waals surface area (Å²) in [6.45, 7) is 17.7. The first kappa shape index (κ1) is 49.0. The molecule has 4 unspecified atom stereocenters. The van der Waals surface area contributed by atoms with Gasteiger partial charge in [0.05, 0.1) is 106 Å². The molecule has 334 valence electrons. The van der Waals surface area contributed by atoms with E-state index in [1.807, 2.05) is 12.1 Å². The molecule has 1 saturated carbocycles. The van der Waals surface area contributed by atoms with Crippen molar-refractivity contribution in [3.63, 3.8) is 0 Å². The molecule has 2 aliphatic rings. The molecule has 4 rings (SSSR count). The summed E-state index contributed by atoms with van der Waals surface area (Å²) in [4.78, 5) is 16.7. The Morgan fingerprint density at radius 2 is 1.12 bits per heavy atom. The Kier molecular flexibility index (Phi) is 22.7. The van der Waals surface area contributed by atoms with Crippen molar-refractivity contribution in [3.8, 4) is 5.75 Å². The minimum Gasteiger partial charge on any atom is -0.497 e. The summed E-state index contributed by atoms with van der Waals surface area (Å²) in [6.07, 6.45) is 7.24. The number of ether oxygens (including phenoxy) is 9. The molecule has 0 N–H and O–H groups in total. The highest BCUT2D eigenvalue weighted by atomic mass is 16.6. The van der Waals surface area contributed by atoms with Crippen LogP contribution in [0.1, 0.15) is 77.3 Å². The van der Waals surface area contributed by atoms with Crippen molar-refractivity contribution in [3.05, 3.63) is 65.7 Å². The quantitative estimate of drug-likeness (QED) is 0.0714. The van der Waals surface area contributed by atoms with Gasteiger partial charge in [-0.15, -0.1) is 0 Å². The Labute approximate surface area is 356 Å². The molecule has 1 heterocycles. The van der Waals surface area contributed by atoms with Crippen molar-refractivity contribution in [1.82, 2.24) is 4.90 Å². The van der Waals surface area contributed by atoms with Crippen molar-refractivity contribution < 1.29 is 47.4 Å². The van der Waals surface area contributed by atoms with Gasteiger partial charge in [0.2, 0.25) is 5.91 Å². The number of carbonyl (C=O) groups is 1. The molecule has 11 nitrogen and oxygen atoms in total. The molecule has 59 heavy (non-hydrogen) atoms. The number of hydrogen-bond donors (Lipinski definition) is 0. The number of rotatable bonds is 31. The number of likely N-dealkylation sites (tertiary alicyclic amines) is 1. The second-order valence-corrected chi connectivity index (χ2v) is 16.5. The molecule has 1 aliphatic carbocycles. The van der Waals surface area contributed by atoms with E-state index in [4.69, 9.17) is 42.6 Å². The highest BCUT2D eigenvalue weighted by Crippen LogP contribution is 2.55. The molecule has 1 aliphatic heterocycles. The maximum atomic E-state index is 14.5. The summed E-state index contributed by atoms with van der Waals surface area (Å²) in [5.41, 5.74) is 2.63. The van der Waals surface area contributed by atoms with Gasteiger partial charge in [0.1, 0.15) is 5.75 Å². The lowest BCUT2D eigenvalue weighted by atomic mass is 9.54. The molecule has 1 spiro atoms. The summed E-state index contributed by atoms with van der Waals surface area (Å²) in [5.74, 6) is 2.50. The van der Waals surface area contributed by atoms with E-state index in [9.17, 15) is 4.79 Å². The molecule has 2 aromatic carbocycles. The Morgan fingerprint density at radius 3 is 1.58 bits per heavy atom. The van der Waals surface area contributed by atoms with Gasteiger partial charge in [0.15, 0.2) is 0 Å². The van der Waals surface area contributed by atoms with E-state index in [1.54, 1.807) is 14.2 Å². The fraction of sp³-hybridized carbons (Fsp3) is 0.729. The molecule has 0 radical (unpaired) electrons. The highest BCUT2D eigenvalue weighted by molar-refractivity contribution is 5.81. The minimum absolute atomic E-state index is 0.0578. The highest BCUT2D eigenvalue weighted by Gasteiger charge is 2.54. The molecular formula is C48H77NO10. The lowest BCUT2D eigenvalue weighted by Gasteiger charge is -2.58. The first-order valence-corrected chi connectivity index (χ1v) is 22.3. The molecule has 2 aromatic rings. The van der Waals surface area contributed by atoms with Crippen LogP contribution in [-0.4, -0.2) is 136 Å². The molecule has 1 saturated heterocycles. The standard InChI is InChI=1S/C48H77NO10/c1-7-39(2)41(4)48(44-11-9-8-10-12-44)19-17-47(18-20-48)38-43(37-42-13-15-45(52-6)16-14-42)40(3)46(50)49(47)21-22-53-25-26-55-29-30-57-33-34-59-36-35-58-32-31-56-28-27-54-24-23-51-5/h8-16,39-41,43H,7,17-38H2,1-6H3. The van der Waals surface area contributed by atoms with Gasteiger partial charge >= 0.3 is 0 Å². The summed E-state index contributed by atoms with van der Waals surface area (Å²) < 4.78 is 49.8. The van der Waals surface area contributed by atoms with Crippen molar-refractivity contribution in [2.24, 2.45) is 23.7 Å². The molecule has 1 amide bonds. The van der Waals surface area contributed by atoms with Crippen LogP contribution >= 0.6 is 0 Å². The Balaban J connectivity index is 1.18. The summed E-state index contributed by atoms with van der Waals surface area (Å²) in [5, 5.41) is 0. The normalized spacial score (nSPS) is 23.2. The predicted octanol–water partition coefficient (Wildman–Crippen LogP) is 7.42. The first-order valence-electron chi connectivity index (χ1n) is 22.3. The van der Waals surface area contributed by atoms with Gasteiger partial charge in [-0.1, -0.05) is 76.6 Å². The maximum absolute atomic E-state index is 14.5. The molecule has 0 bridgehead atoms. The van der Waals surface area contributed by atoms with Gasteiger partial charge in [-0.2, -0.15) is 0 Å². The zero-order valence-corrected chi connectivity index (χ0v) is 37.3. The Morgan fingerprint density at radius 1 is 0.644 bits per heavy atom. The largest absolute Gasteiger partial charge is 0.497 e. The van der Waals surface area contributed by atoms with Crippen LogP contribution in [0.3, 0.4) is 0 Å². The lowest BCUT2D eigenvalue weighted by Crippen LogP contribution is -2.63. The average molecular weight is 828 g/mol. The second kappa shape index (κ2) is 27.4. The number of hydrogen-bond acceptors (Lipinski definition) is 10. The second-order valence-electron chi connectivity index (χ2n) is 16.5. The van der Waals surface area contributed by atoms with E-state index in [-0.39, 0.29) is 28.7 Å². The van der Waals surface area contributed by atoms with E-state index >= 15 is 0 Å². The van der Waals surface area contributed by atoms with Gasteiger partial charge in [-0.3, -0.25) is 4.79 Å². The molecule has 4 atom stereocenters. The number of amides is 1. The maximum Gasteiger partial charge on any atom is 0.226 e. The minimum atomic E-state index is -0.183. The lowest BCUT2D eigenvalue weighted by molar-refractivity contribution is -0.157. The number of methoxy groups -OCH3 is 2. The van der Waals surface area contributed by atoms with Crippen LogP contribution in [0.15, 0.2) is 54.6 Å². The van der Waals surface area contributed by atoms with Crippen molar-refractivity contribution >= 4 is 5.91 Å². The van der Waals surface area contributed by atoms with Gasteiger partial charge in [0.25, 0.3) is 0 Å². The number of benzene rings is 2. The van der Waals surface area contributed by atoms with Crippen LogP contribution in [0.5, 0.6) is 5.75 Å². The van der Waals surface area contributed by atoms with Crippen molar-refractivity contribution in [2.75, 3.05) is 120 Å². The SMILES string of the molecule is CCC(C)C(C)C1(c2ccccc2)CCC2(CC1)CC(Cc1ccc(OC)cc1)C(C)C(=O)N2CCOCCOCCOCCOCCOCCOCCOCCOC. The van der Waals surface area contributed by atoms with Crippen LogP contribution in [0.2, 0.25) is 0 Å². The van der Waals surface area contributed by atoms with E-state index in [2.05, 4.69) is 75.1 Å². The zero-order valence-electron chi connectivity index (χ0n) is 37.3. The summed E-state index contributed by atoms with van der Waals surface area (Å²) in [7, 11) is 3.35. The fourth-order valence-electron chi connectivity index (χ4n) is 9.15. The predicted molar refractivity (Wildman–Crippen MR) is 231 cm³/mol. The molecule has 0 aromatic heterocycles.